The number of hydrogen-bond donors (Lipinski definition) is 0. The Morgan fingerprint density at radius 2 is 0.419 bits per heavy atom. The lowest BCUT2D eigenvalue weighted by Crippen LogP contribution is -2.34. The number of hydrogen-bond acceptors (Lipinski definition) is 15. The van der Waals surface area contributed by atoms with Crippen molar-refractivity contribution < 1.29 is 71.1 Å². The van der Waals surface area contributed by atoms with Gasteiger partial charge in [-0.25, -0.2) is 0 Å². The van der Waals surface area contributed by atoms with Crippen molar-refractivity contribution in [2.24, 2.45) is 0 Å². The molecule has 0 spiro atoms. The summed E-state index contributed by atoms with van der Waals surface area (Å²) < 4.78 is 88.9. The van der Waals surface area contributed by atoms with Crippen LogP contribution in [0.2, 0.25) is 0 Å². The van der Waals surface area contributed by atoms with Crippen LogP contribution in [0.4, 0.5) is 0 Å². The first-order valence-corrected chi connectivity index (χ1v) is 30.0. The number of rotatable bonds is 50. The van der Waals surface area contributed by atoms with E-state index in [-0.39, 0.29) is 6.10 Å². The second kappa shape index (κ2) is 42.6. The van der Waals surface area contributed by atoms with Crippen molar-refractivity contribution in [3.8, 4) is 5.75 Å². The highest BCUT2D eigenvalue weighted by atomic mass is 16.6. The lowest BCUT2D eigenvalue weighted by Gasteiger charge is -2.36. The van der Waals surface area contributed by atoms with Gasteiger partial charge in [0, 0.05) is 0 Å². The van der Waals surface area contributed by atoms with Gasteiger partial charge in [0.05, 0.1) is 165 Å². The monoisotopic (exact) mass is 1180 g/mol. The van der Waals surface area contributed by atoms with E-state index in [0.29, 0.717) is 172 Å². The molecule has 7 rings (SSSR count). The molecule has 86 heavy (non-hydrogen) atoms. The van der Waals surface area contributed by atoms with Crippen LogP contribution in [0.5, 0.6) is 5.75 Å². The summed E-state index contributed by atoms with van der Waals surface area (Å²) >= 11 is 0. The fraction of sp³-hybridized carbons (Fsp3) is 0.408. The molecule has 0 aliphatic rings. The first-order valence-electron chi connectivity index (χ1n) is 30.0. The van der Waals surface area contributed by atoms with Gasteiger partial charge < -0.3 is 71.1 Å². The van der Waals surface area contributed by atoms with Crippen molar-refractivity contribution in [1.29, 1.82) is 0 Å². The summed E-state index contributed by atoms with van der Waals surface area (Å²) in [4.78, 5) is 0. The molecule has 0 aromatic heterocycles. The summed E-state index contributed by atoms with van der Waals surface area (Å²) in [7, 11) is 0. The van der Waals surface area contributed by atoms with Gasteiger partial charge in [-0.1, -0.05) is 200 Å². The second-order valence-corrected chi connectivity index (χ2v) is 19.6. The summed E-state index contributed by atoms with van der Waals surface area (Å²) in [5.41, 5.74) is 4.81. The Kier molecular flexibility index (Phi) is 33.3. The van der Waals surface area contributed by atoms with E-state index in [2.05, 4.69) is 72.8 Å². The van der Waals surface area contributed by atoms with Gasteiger partial charge in [0.2, 0.25) is 0 Å². The molecule has 462 valence electrons. The number of ether oxygens (including phenoxy) is 15. The van der Waals surface area contributed by atoms with Crippen molar-refractivity contribution in [2.45, 2.75) is 17.3 Å². The Morgan fingerprint density at radius 1 is 0.209 bits per heavy atom. The zero-order valence-electron chi connectivity index (χ0n) is 49.8. The Hall–Kier alpha value is -6.22. The molecule has 0 fully saturated rings. The zero-order chi connectivity index (χ0) is 59.4. The molecule has 15 heteroatoms. The van der Waals surface area contributed by atoms with Gasteiger partial charge in [0.1, 0.15) is 29.7 Å². The van der Waals surface area contributed by atoms with Crippen LogP contribution in [0.1, 0.15) is 33.4 Å². The Bertz CT molecular complexity index is 2490. The molecule has 0 heterocycles. The maximum absolute atomic E-state index is 6.77. The molecule has 0 N–H and O–H groups in total. The van der Waals surface area contributed by atoms with Crippen molar-refractivity contribution in [1.82, 2.24) is 0 Å². The summed E-state index contributed by atoms with van der Waals surface area (Å²) in [6.07, 6.45) is -0.296. The first-order chi connectivity index (χ1) is 42.8. The SMILES string of the molecule is c1ccc(OCC(COCCOCCOCCOCCOCCOCCOC(c2ccccc2)(c2ccccc2)c2ccccc2)OCCOCCOCCOCCOCCOCCOC(c2ccccc2)(c2ccccc2)c2ccccc2)cc1. The van der Waals surface area contributed by atoms with E-state index in [9.17, 15) is 0 Å². The van der Waals surface area contributed by atoms with Crippen molar-refractivity contribution >= 4 is 0 Å². The fourth-order valence-electron chi connectivity index (χ4n) is 9.46. The van der Waals surface area contributed by atoms with Gasteiger partial charge in [0.15, 0.2) is 0 Å². The van der Waals surface area contributed by atoms with Gasteiger partial charge >= 0.3 is 0 Å². The molecule has 1 unspecified atom stereocenters. The largest absolute Gasteiger partial charge is 0.491 e. The predicted octanol–water partition coefficient (Wildman–Crippen LogP) is 10.7. The summed E-state index contributed by atoms with van der Waals surface area (Å²) in [5.74, 6) is 0.763. The number of benzene rings is 7. The summed E-state index contributed by atoms with van der Waals surface area (Å²) in [5, 5.41) is 0. The van der Waals surface area contributed by atoms with Gasteiger partial charge in [-0.05, 0) is 45.5 Å². The number of para-hydroxylation sites is 1. The third-order valence-electron chi connectivity index (χ3n) is 13.6. The normalized spacial score (nSPS) is 12.1. The van der Waals surface area contributed by atoms with E-state index in [1.165, 1.54) is 0 Å². The average Bonchev–Trinajstić information content (AvgIpc) is 1.45. The lowest BCUT2D eigenvalue weighted by molar-refractivity contribution is -0.0682. The summed E-state index contributed by atoms with van der Waals surface area (Å²) in [6, 6.07) is 71.6. The van der Waals surface area contributed by atoms with Gasteiger partial charge in [-0.15, -0.1) is 0 Å². The third-order valence-corrected chi connectivity index (χ3v) is 13.6. The second-order valence-electron chi connectivity index (χ2n) is 19.6. The van der Waals surface area contributed by atoms with E-state index in [4.69, 9.17) is 71.1 Å². The molecule has 0 amide bonds. The Labute approximate surface area is 509 Å². The maximum Gasteiger partial charge on any atom is 0.143 e. The smallest absolute Gasteiger partial charge is 0.143 e. The van der Waals surface area contributed by atoms with Crippen molar-refractivity contribution in [3.05, 3.63) is 246 Å². The summed E-state index contributed by atoms with van der Waals surface area (Å²) in [6.45, 7) is 11.3. The minimum Gasteiger partial charge on any atom is -0.491 e. The predicted molar refractivity (Wildman–Crippen MR) is 331 cm³/mol. The molecular formula is C71H88O15. The minimum atomic E-state index is -0.771. The van der Waals surface area contributed by atoms with Crippen LogP contribution in [0, 0.1) is 0 Å². The molecule has 0 bridgehead atoms. The molecule has 7 aromatic carbocycles. The van der Waals surface area contributed by atoms with Crippen LogP contribution in [0.25, 0.3) is 0 Å². The molecule has 1 atom stereocenters. The van der Waals surface area contributed by atoms with Crippen LogP contribution in [0.3, 0.4) is 0 Å². The van der Waals surface area contributed by atoms with E-state index in [1.807, 2.05) is 140 Å². The highest BCUT2D eigenvalue weighted by molar-refractivity contribution is 5.49. The fourth-order valence-corrected chi connectivity index (χ4v) is 9.46. The first kappa shape index (κ1) is 67.3. The molecule has 0 radical (unpaired) electrons. The molecule has 7 aromatic rings. The van der Waals surface area contributed by atoms with Gasteiger partial charge in [-0.3, -0.25) is 0 Å². The van der Waals surface area contributed by atoms with E-state index in [0.717, 1.165) is 39.1 Å². The van der Waals surface area contributed by atoms with Crippen LogP contribution in [-0.2, 0) is 77.5 Å². The minimum absolute atomic E-state index is 0.296. The maximum atomic E-state index is 6.77. The molecule has 0 aliphatic heterocycles. The quantitative estimate of drug-likeness (QED) is 0.0264. The lowest BCUT2D eigenvalue weighted by atomic mass is 9.80. The molecule has 0 saturated heterocycles. The average molecular weight is 1180 g/mol. The van der Waals surface area contributed by atoms with E-state index < -0.39 is 11.2 Å². The molecule has 0 aliphatic carbocycles. The van der Waals surface area contributed by atoms with Gasteiger partial charge in [0.25, 0.3) is 0 Å². The van der Waals surface area contributed by atoms with Crippen LogP contribution < -0.4 is 4.74 Å². The molecule has 0 saturated carbocycles. The van der Waals surface area contributed by atoms with Crippen LogP contribution in [-0.4, -0.2) is 178 Å². The van der Waals surface area contributed by atoms with Gasteiger partial charge in [-0.2, -0.15) is 0 Å². The zero-order valence-corrected chi connectivity index (χ0v) is 49.8. The molecule has 15 nitrogen and oxygen atoms in total. The van der Waals surface area contributed by atoms with E-state index >= 15 is 0 Å². The Morgan fingerprint density at radius 3 is 0.674 bits per heavy atom. The third kappa shape index (κ3) is 24.2. The van der Waals surface area contributed by atoms with Crippen molar-refractivity contribution in [3.63, 3.8) is 0 Å². The van der Waals surface area contributed by atoms with E-state index in [1.54, 1.807) is 0 Å². The highest BCUT2D eigenvalue weighted by Gasteiger charge is 2.38. The van der Waals surface area contributed by atoms with Crippen LogP contribution >= 0.6 is 0 Å². The topological polar surface area (TPSA) is 138 Å². The highest BCUT2D eigenvalue weighted by Crippen LogP contribution is 2.41. The van der Waals surface area contributed by atoms with Crippen molar-refractivity contribution in [2.75, 3.05) is 172 Å². The van der Waals surface area contributed by atoms with Crippen LogP contribution in [0.15, 0.2) is 212 Å². The standard InChI is InChI=1S/C71H88O15/c1-8-22-62(23-9-1)70(63-24-10-2-11-25-63,64-26-12-3-13-27-64)85-58-55-80-50-47-76-42-39-72-36-37-74-44-45-78-52-53-82-60-69(61-84-68-34-20-7-21-35-68)83-57-54-79-49-46-75-41-38-73-40-43-77-48-51-81-56-59-86-71(65-28-14-4-15-29-65,66-30-16-5-17-31-66)67-32-18-6-19-33-67/h1-35,69H,36-61H2. The Balaban J connectivity index is 0.629. The molecular weight excluding hydrogens is 1090 g/mol.